The van der Waals surface area contributed by atoms with Crippen LogP contribution in [-0.4, -0.2) is 17.7 Å². The third-order valence-corrected chi connectivity index (χ3v) is 4.24. The van der Waals surface area contributed by atoms with Gasteiger partial charge in [0.25, 0.3) is 0 Å². The van der Waals surface area contributed by atoms with Gasteiger partial charge in [-0.1, -0.05) is 71.3 Å². The highest BCUT2D eigenvalue weighted by molar-refractivity contribution is 5.41. The highest BCUT2D eigenvalue weighted by Crippen LogP contribution is 2.27. The number of phenolic OH excluding ortho intramolecular Hbond substituents is 1. The quantitative estimate of drug-likeness (QED) is 0.531. The van der Waals surface area contributed by atoms with Crippen molar-refractivity contribution < 1.29 is 15.3 Å². The zero-order valence-corrected chi connectivity index (χ0v) is 15.2. The minimum absolute atomic E-state index is 0. The predicted molar refractivity (Wildman–Crippen MR) is 98.4 cm³/mol. The van der Waals surface area contributed by atoms with E-state index >= 15 is 0 Å². The summed E-state index contributed by atoms with van der Waals surface area (Å²) in [4.78, 5) is 0. The Morgan fingerprint density at radius 2 is 1.48 bits per heavy atom. The molecule has 0 aliphatic rings. The average Bonchev–Trinajstić information content (AvgIpc) is 2.50. The van der Waals surface area contributed by atoms with Gasteiger partial charge in [0.15, 0.2) is 11.5 Å². The third kappa shape index (κ3) is 10.2. The van der Waals surface area contributed by atoms with E-state index in [1.165, 1.54) is 63.4 Å². The van der Waals surface area contributed by atoms with Crippen molar-refractivity contribution >= 4 is 0 Å². The van der Waals surface area contributed by atoms with Crippen LogP contribution in [0, 0.1) is 5.92 Å². The molecule has 1 aromatic carbocycles. The second-order valence-corrected chi connectivity index (χ2v) is 6.77. The average molecular weight is 325 g/mol. The SMILES string of the molecule is COc1cc(CCCCCCCCCCC(C)C)ccc1O.O. The molecule has 1 rings (SSSR count). The molecule has 0 amide bonds. The Kier molecular flexibility index (Phi) is 12.5. The molecule has 0 bridgehead atoms. The highest BCUT2D eigenvalue weighted by atomic mass is 16.5. The largest absolute Gasteiger partial charge is 0.504 e. The third-order valence-electron chi connectivity index (χ3n) is 4.24. The number of ether oxygens (including phenoxy) is 1. The smallest absolute Gasteiger partial charge is 0.160 e. The number of methoxy groups -OCH3 is 1. The molecule has 0 saturated heterocycles. The number of phenols is 1. The van der Waals surface area contributed by atoms with Crippen molar-refractivity contribution in [3.8, 4) is 11.5 Å². The molecule has 23 heavy (non-hydrogen) atoms. The minimum Gasteiger partial charge on any atom is -0.504 e. The van der Waals surface area contributed by atoms with E-state index in [0.29, 0.717) is 5.75 Å². The zero-order valence-electron chi connectivity index (χ0n) is 15.2. The van der Waals surface area contributed by atoms with Gasteiger partial charge < -0.3 is 15.3 Å². The maximum atomic E-state index is 9.57. The summed E-state index contributed by atoms with van der Waals surface area (Å²) in [5, 5.41) is 9.57. The number of hydrogen-bond acceptors (Lipinski definition) is 2. The van der Waals surface area contributed by atoms with Crippen LogP contribution in [-0.2, 0) is 6.42 Å². The summed E-state index contributed by atoms with van der Waals surface area (Å²) in [6.07, 6.45) is 13.3. The van der Waals surface area contributed by atoms with Crippen molar-refractivity contribution in [3.05, 3.63) is 23.8 Å². The van der Waals surface area contributed by atoms with Crippen LogP contribution in [0.3, 0.4) is 0 Å². The fourth-order valence-corrected chi connectivity index (χ4v) is 2.82. The Morgan fingerprint density at radius 3 is 2.04 bits per heavy atom. The van der Waals surface area contributed by atoms with Gasteiger partial charge in [-0.2, -0.15) is 0 Å². The molecule has 0 aromatic heterocycles. The summed E-state index contributed by atoms with van der Waals surface area (Å²) < 4.78 is 5.14. The van der Waals surface area contributed by atoms with Gasteiger partial charge in [-0.3, -0.25) is 0 Å². The van der Waals surface area contributed by atoms with Gasteiger partial charge in [0.05, 0.1) is 7.11 Å². The van der Waals surface area contributed by atoms with E-state index in [-0.39, 0.29) is 11.2 Å². The topological polar surface area (TPSA) is 61.0 Å². The molecule has 1 aromatic rings. The molecule has 3 heteroatoms. The van der Waals surface area contributed by atoms with Gasteiger partial charge in [0.2, 0.25) is 0 Å². The van der Waals surface area contributed by atoms with E-state index < -0.39 is 0 Å². The van der Waals surface area contributed by atoms with Crippen LogP contribution in [0.15, 0.2) is 18.2 Å². The molecule has 0 radical (unpaired) electrons. The first-order valence-corrected chi connectivity index (χ1v) is 8.99. The monoisotopic (exact) mass is 324 g/mol. The Balaban J connectivity index is 0.00000484. The van der Waals surface area contributed by atoms with Crippen molar-refractivity contribution in [2.24, 2.45) is 5.92 Å². The second kappa shape index (κ2) is 13.2. The summed E-state index contributed by atoms with van der Waals surface area (Å²) in [5.74, 6) is 1.67. The molecule has 3 nitrogen and oxygen atoms in total. The van der Waals surface area contributed by atoms with Crippen molar-refractivity contribution in [1.29, 1.82) is 0 Å². The Labute approximate surface area is 142 Å². The molecule has 134 valence electrons. The first-order valence-electron chi connectivity index (χ1n) is 8.99. The number of rotatable bonds is 12. The van der Waals surface area contributed by atoms with Gasteiger partial charge in [0.1, 0.15) is 0 Å². The highest BCUT2D eigenvalue weighted by Gasteiger charge is 2.02. The van der Waals surface area contributed by atoms with Crippen molar-refractivity contribution in [3.63, 3.8) is 0 Å². The summed E-state index contributed by atoms with van der Waals surface area (Å²) in [5.41, 5.74) is 1.25. The Hall–Kier alpha value is -1.22. The van der Waals surface area contributed by atoms with Gasteiger partial charge >= 0.3 is 0 Å². The van der Waals surface area contributed by atoms with Gasteiger partial charge in [-0.05, 0) is 36.5 Å². The minimum atomic E-state index is 0. The van der Waals surface area contributed by atoms with Crippen molar-refractivity contribution in [1.82, 2.24) is 0 Å². The van der Waals surface area contributed by atoms with Crippen LogP contribution in [0.25, 0.3) is 0 Å². The van der Waals surface area contributed by atoms with Gasteiger partial charge in [0, 0.05) is 0 Å². The first-order chi connectivity index (χ1) is 10.6. The fourth-order valence-electron chi connectivity index (χ4n) is 2.82. The maximum Gasteiger partial charge on any atom is 0.160 e. The molecule has 0 heterocycles. The summed E-state index contributed by atoms with van der Waals surface area (Å²) in [6.45, 7) is 4.62. The number of aryl methyl sites for hydroxylation is 1. The lowest BCUT2D eigenvalue weighted by Crippen LogP contribution is -1.90. The molecule has 3 N–H and O–H groups in total. The molecular weight excluding hydrogens is 288 g/mol. The van der Waals surface area contributed by atoms with Crippen molar-refractivity contribution in [2.45, 2.75) is 78.1 Å². The molecular formula is C20H36O3. The first kappa shape index (κ1) is 21.8. The lowest BCUT2D eigenvalue weighted by atomic mass is 10.0. The molecule has 0 aliphatic heterocycles. The van der Waals surface area contributed by atoms with Crippen LogP contribution < -0.4 is 4.74 Å². The van der Waals surface area contributed by atoms with E-state index in [4.69, 9.17) is 4.74 Å². The van der Waals surface area contributed by atoms with E-state index in [1.54, 1.807) is 13.2 Å². The van der Waals surface area contributed by atoms with Crippen LogP contribution in [0.2, 0.25) is 0 Å². The predicted octanol–water partition coefficient (Wildman–Crippen LogP) is 5.29. The fraction of sp³-hybridized carbons (Fsp3) is 0.700. The molecule has 0 unspecified atom stereocenters. The molecule has 0 atom stereocenters. The lowest BCUT2D eigenvalue weighted by Gasteiger charge is -2.07. The van der Waals surface area contributed by atoms with E-state index in [0.717, 1.165) is 12.3 Å². The van der Waals surface area contributed by atoms with Crippen LogP contribution in [0.1, 0.15) is 77.2 Å². The number of hydrogen-bond donors (Lipinski definition) is 1. The normalized spacial score (nSPS) is 10.6. The van der Waals surface area contributed by atoms with E-state index in [9.17, 15) is 5.11 Å². The Morgan fingerprint density at radius 1 is 0.913 bits per heavy atom. The molecule has 0 aliphatic carbocycles. The lowest BCUT2D eigenvalue weighted by molar-refractivity contribution is 0.373. The summed E-state index contributed by atoms with van der Waals surface area (Å²) >= 11 is 0. The van der Waals surface area contributed by atoms with Gasteiger partial charge in [-0.25, -0.2) is 0 Å². The number of aromatic hydroxyl groups is 1. The molecule has 0 fully saturated rings. The van der Waals surface area contributed by atoms with E-state index in [1.807, 2.05) is 12.1 Å². The molecule has 0 spiro atoms. The summed E-state index contributed by atoms with van der Waals surface area (Å²) in [6, 6.07) is 5.67. The second-order valence-electron chi connectivity index (χ2n) is 6.77. The van der Waals surface area contributed by atoms with Crippen LogP contribution in [0.4, 0.5) is 0 Å². The standard InChI is InChI=1S/C20H34O2.H2O/c1-17(2)12-10-8-6-4-5-7-9-11-13-18-14-15-19(21)20(16-18)22-3;/h14-17,21H,4-13H2,1-3H3;1H2. The molecule has 0 saturated carbocycles. The van der Waals surface area contributed by atoms with Crippen molar-refractivity contribution in [2.75, 3.05) is 7.11 Å². The zero-order chi connectivity index (χ0) is 16.2. The maximum absolute atomic E-state index is 9.57. The number of unbranched alkanes of at least 4 members (excludes halogenated alkanes) is 7. The van der Waals surface area contributed by atoms with Gasteiger partial charge in [-0.15, -0.1) is 0 Å². The van der Waals surface area contributed by atoms with Crippen LogP contribution in [0.5, 0.6) is 11.5 Å². The van der Waals surface area contributed by atoms with Crippen LogP contribution >= 0.6 is 0 Å². The van der Waals surface area contributed by atoms with E-state index in [2.05, 4.69) is 13.8 Å². The summed E-state index contributed by atoms with van der Waals surface area (Å²) in [7, 11) is 1.60. The number of benzene rings is 1. The Bertz CT molecular complexity index is 402.